The lowest BCUT2D eigenvalue weighted by Crippen LogP contribution is -2.60. The average molecular weight is 627 g/mol. The number of rotatable bonds is 7. The number of fused-ring (bicyclic) bond motifs is 1. The molecule has 5 unspecified atom stereocenters. The molecule has 3 aromatic carbocycles. The Balaban J connectivity index is 1.45. The summed E-state index contributed by atoms with van der Waals surface area (Å²) in [5, 5.41) is 90.7. The zero-order valence-corrected chi connectivity index (χ0v) is 22.8. The van der Waals surface area contributed by atoms with E-state index in [-0.39, 0.29) is 16.9 Å². The molecule has 15 heteroatoms. The second-order valence-electron chi connectivity index (χ2n) is 9.98. The molecule has 0 spiro atoms. The lowest BCUT2D eigenvalue weighted by Gasteiger charge is -2.39. The van der Waals surface area contributed by atoms with Crippen LogP contribution in [0.2, 0.25) is 0 Å². The third-order valence-corrected chi connectivity index (χ3v) is 6.85. The number of aliphatic hydroxyl groups excluding tert-OH is 3. The topological polar surface area (TPSA) is 257 Å². The first-order valence-electron chi connectivity index (χ1n) is 13.1. The summed E-state index contributed by atoms with van der Waals surface area (Å²) in [7, 11) is 0. The van der Waals surface area contributed by atoms with E-state index in [1.54, 1.807) is 0 Å². The van der Waals surface area contributed by atoms with Gasteiger partial charge in [-0.25, -0.2) is 4.79 Å². The molecule has 0 amide bonds. The summed E-state index contributed by atoms with van der Waals surface area (Å²) in [6.45, 7) is -0.650. The van der Waals surface area contributed by atoms with Crippen molar-refractivity contribution in [2.45, 2.75) is 30.7 Å². The van der Waals surface area contributed by atoms with Crippen LogP contribution >= 0.6 is 0 Å². The molecule has 0 saturated carbocycles. The second-order valence-corrected chi connectivity index (χ2v) is 9.98. The van der Waals surface area contributed by atoms with E-state index in [0.29, 0.717) is 5.56 Å². The third-order valence-electron chi connectivity index (χ3n) is 6.85. The van der Waals surface area contributed by atoms with E-state index in [1.807, 2.05) is 0 Å². The summed E-state index contributed by atoms with van der Waals surface area (Å²) in [5.74, 6) is -5.93. The van der Waals surface area contributed by atoms with Gasteiger partial charge in [-0.15, -0.1) is 0 Å². The molecule has 45 heavy (non-hydrogen) atoms. The van der Waals surface area contributed by atoms with Crippen LogP contribution in [0.25, 0.3) is 28.4 Å². The lowest BCUT2D eigenvalue weighted by molar-refractivity contribution is -0.278. The number of carbonyl (C=O) groups excluding carboxylic acids is 1. The van der Waals surface area contributed by atoms with Crippen LogP contribution in [0.15, 0.2) is 63.8 Å². The highest BCUT2D eigenvalue weighted by Gasteiger charge is 2.46. The maximum absolute atomic E-state index is 13.6. The van der Waals surface area contributed by atoms with E-state index in [4.69, 9.17) is 18.6 Å². The fraction of sp³-hybridized carbons (Fsp3) is 0.200. The summed E-state index contributed by atoms with van der Waals surface area (Å²) < 4.78 is 22.0. The van der Waals surface area contributed by atoms with Crippen molar-refractivity contribution < 1.29 is 69.4 Å². The van der Waals surface area contributed by atoms with Gasteiger partial charge in [0, 0.05) is 23.8 Å². The van der Waals surface area contributed by atoms with E-state index in [0.717, 1.165) is 30.3 Å². The van der Waals surface area contributed by atoms with Crippen LogP contribution in [-0.2, 0) is 14.3 Å². The van der Waals surface area contributed by atoms with E-state index in [9.17, 15) is 55.5 Å². The quantitative estimate of drug-likeness (QED) is 0.0791. The Morgan fingerprint density at radius 3 is 2.16 bits per heavy atom. The van der Waals surface area contributed by atoms with E-state index in [1.165, 1.54) is 30.3 Å². The Morgan fingerprint density at radius 2 is 1.49 bits per heavy atom. The van der Waals surface area contributed by atoms with Gasteiger partial charge in [-0.3, -0.25) is 4.79 Å². The molecule has 0 bridgehead atoms. The number of benzene rings is 3. The van der Waals surface area contributed by atoms with Gasteiger partial charge in [0.1, 0.15) is 59.2 Å². The maximum Gasteiger partial charge on any atom is 0.330 e. The van der Waals surface area contributed by atoms with Gasteiger partial charge in [-0.05, 0) is 35.9 Å². The largest absolute Gasteiger partial charge is 0.508 e. The monoisotopic (exact) mass is 626 g/mol. The molecule has 1 aliphatic heterocycles. The van der Waals surface area contributed by atoms with Gasteiger partial charge in [0.05, 0.1) is 0 Å². The number of esters is 1. The number of hydrogen-bond donors (Lipinski definition) is 9. The summed E-state index contributed by atoms with van der Waals surface area (Å²) in [6, 6.07) is 9.48. The Kier molecular flexibility index (Phi) is 8.43. The molecule has 5 rings (SSSR count). The zero-order chi connectivity index (χ0) is 32.6. The minimum atomic E-state index is -2.00. The standard InChI is InChI=1S/C30H26O15/c31-14-4-1-12(2-5-14)3-6-21(36)42-11-20-24(38)26(40)27(41)30(44-20)45-29-25(39)22-16(33)9-15(32)10-19(22)43-28(29)13-7-17(34)23(37)18(35)8-13/h1-10,20,24,26-27,30-35,37-38,40-41H,11H2. The number of phenols is 6. The number of phenolic OH excluding ortho intramolecular Hbond substituents is 6. The SMILES string of the molecule is O=C(C=Cc1ccc(O)cc1)OCC1OC(Oc2c(-c3cc(O)c(O)c(O)c3)oc3cc(O)cc(O)c3c2=O)C(O)C(O)C1O. The Labute approximate surface area is 251 Å². The number of hydrogen-bond acceptors (Lipinski definition) is 15. The predicted octanol–water partition coefficient (Wildman–Crippen LogP) is 1.14. The molecule has 0 aliphatic carbocycles. The third kappa shape index (κ3) is 6.27. The zero-order valence-electron chi connectivity index (χ0n) is 22.8. The molecule has 2 heterocycles. The van der Waals surface area contributed by atoms with Crippen molar-refractivity contribution in [2.24, 2.45) is 0 Å². The van der Waals surface area contributed by atoms with Crippen LogP contribution in [-0.4, -0.2) is 89.2 Å². The van der Waals surface area contributed by atoms with Crippen molar-refractivity contribution in [3.05, 3.63) is 70.4 Å². The Hall–Kier alpha value is -5.48. The Morgan fingerprint density at radius 1 is 0.822 bits per heavy atom. The van der Waals surface area contributed by atoms with Gasteiger partial charge < -0.3 is 64.6 Å². The molecule has 4 aromatic rings. The molecule has 1 fully saturated rings. The molecule has 15 nitrogen and oxygen atoms in total. The van der Waals surface area contributed by atoms with Gasteiger partial charge in [-0.1, -0.05) is 12.1 Å². The van der Waals surface area contributed by atoms with Gasteiger partial charge >= 0.3 is 5.97 Å². The Bertz CT molecular complexity index is 1810. The highest BCUT2D eigenvalue weighted by molar-refractivity contribution is 5.89. The molecular weight excluding hydrogens is 600 g/mol. The minimum Gasteiger partial charge on any atom is -0.508 e. The molecule has 0 radical (unpaired) electrons. The molecular formula is C30H26O15. The molecule has 1 aliphatic rings. The van der Waals surface area contributed by atoms with E-state index in [2.05, 4.69) is 0 Å². The van der Waals surface area contributed by atoms with Crippen LogP contribution in [0.5, 0.6) is 40.2 Å². The highest BCUT2D eigenvalue weighted by Crippen LogP contribution is 2.43. The van der Waals surface area contributed by atoms with Crippen LogP contribution in [0.4, 0.5) is 0 Å². The normalized spacial score (nSPS) is 21.6. The van der Waals surface area contributed by atoms with E-state index >= 15 is 0 Å². The second kappa shape index (κ2) is 12.3. The fourth-order valence-electron chi connectivity index (χ4n) is 4.53. The summed E-state index contributed by atoms with van der Waals surface area (Å²) in [5.41, 5.74) is -1.14. The summed E-state index contributed by atoms with van der Waals surface area (Å²) >= 11 is 0. The fourth-order valence-corrected chi connectivity index (χ4v) is 4.53. The van der Waals surface area contributed by atoms with Crippen molar-refractivity contribution in [1.82, 2.24) is 0 Å². The maximum atomic E-state index is 13.6. The summed E-state index contributed by atoms with van der Waals surface area (Å²) in [6.07, 6.45) is -6.72. The molecule has 5 atom stereocenters. The van der Waals surface area contributed by atoms with Crippen LogP contribution in [0.3, 0.4) is 0 Å². The van der Waals surface area contributed by atoms with Gasteiger partial charge in [0.2, 0.25) is 17.5 Å². The highest BCUT2D eigenvalue weighted by atomic mass is 16.7. The van der Waals surface area contributed by atoms with Crippen molar-refractivity contribution in [1.29, 1.82) is 0 Å². The number of ether oxygens (including phenoxy) is 3. The first-order valence-corrected chi connectivity index (χ1v) is 13.1. The van der Waals surface area contributed by atoms with Crippen LogP contribution in [0, 0.1) is 0 Å². The summed E-state index contributed by atoms with van der Waals surface area (Å²) in [4.78, 5) is 25.8. The van der Waals surface area contributed by atoms with Gasteiger partial charge in [-0.2, -0.15) is 0 Å². The van der Waals surface area contributed by atoms with Crippen molar-refractivity contribution in [2.75, 3.05) is 6.61 Å². The van der Waals surface area contributed by atoms with Crippen molar-refractivity contribution in [3.63, 3.8) is 0 Å². The predicted molar refractivity (Wildman–Crippen MR) is 152 cm³/mol. The van der Waals surface area contributed by atoms with Gasteiger partial charge in [0.25, 0.3) is 0 Å². The molecule has 1 aromatic heterocycles. The molecule has 1 saturated heterocycles. The molecule has 236 valence electrons. The first kappa shape index (κ1) is 31.0. The minimum absolute atomic E-state index is 0.0275. The van der Waals surface area contributed by atoms with Crippen LogP contribution < -0.4 is 10.2 Å². The average Bonchev–Trinajstić information content (AvgIpc) is 2.99. The van der Waals surface area contributed by atoms with Crippen LogP contribution in [0.1, 0.15) is 5.56 Å². The van der Waals surface area contributed by atoms with E-state index < -0.39 is 94.4 Å². The number of aliphatic hydroxyl groups is 3. The molecule has 9 N–H and O–H groups in total. The lowest BCUT2D eigenvalue weighted by atomic mass is 9.99. The smallest absolute Gasteiger partial charge is 0.330 e. The van der Waals surface area contributed by atoms with Crippen molar-refractivity contribution >= 4 is 23.0 Å². The van der Waals surface area contributed by atoms with Crippen molar-refractivity contribution in [3.8, 4) is 51.6 Å². The number of carbonyl (C=O) groups is 1. The first-order chi connectivity index (χ1) is 21.3. The number of aromatic hydroxyl groups is 6. The van der Waals surface area contributed by atoms with Gasteiger partial charge in [0.15, 0.2) is 23.0 Å².